The summed E-state index contributed by atoms with van der Waals surface area (Å²) in [6, 6.07) is 15.5. The standard InChI is InChI=1S/C26H28N2O5/c1-16(13-24(29)30)27-25(31)17-7-6-8-18(14-17)28-26(32)33-15-23-21-11-4-2-9-19(21)20-10-3-5-12-22(20)23/h2-6,8-12,16-18,23H,7,13-15H2,1H3,(H,27,31)(H,28,32)(H,29,30)/t16-,17+,18+/m0/s1. The highest BCUT2D eigenvalue weighted by molar-refractivity contribution is 5.81. The zero-order valence-electron chi connectivity index (χ0n) is 18.5. The third kappa shape index (κ3) is 5.25. The number of nitrogens with one attached hydrogen (secondary N) is 2. The van der Waals surface area contributed by atoms with Crippen LogP contribution in [0, 0.1) is 5.92 Å². The average molecular weight is 449 g/mol. The number of carboxylic acid groups (broad SMARTS) is 1. The van der Waals surface area contributed by atoms with Gasteiger partial charge in [0.1, 0.15) is 6.61 Å². The lowest BCUT2D eigenvalue weighted by atomic mass is 9.90. The van der Waals surface area contributed by atoms with Crippen molar-refractivity contribution in [2.75, 3.05) is 6.61 Å². The van der Waals surface area contributed by atoms with Crippen LogP contribution in [0.4, 0.5) is 4.79 Å². The van der Waals surface area contributed by atoms with Gasteiger partial charge < -0.3 is 20.5 Å². The van der Waals surface area contributed by atoms with E-state index in [2.05, 4.69) is 34.9 Å². The van der Waals surface area contributed by atoms with Gasteiger partial charge in [-0.3, -0.25) is 9.59 Å². The largest absolute Gasteiger partial charge is 0.481 e. The maximum atomic E-state index is 12.5. The van der Waals surface area contributed by atoms with Gasteiger partial charge in [-0.2, -0.15) is 0 Å². The summed E-state index contributed by atoms with van der Waals surface area (Å²) in [5.74, 6) is -1.50. The Morgan fingerprint density at radius 3 is 2.33 bits per heavy atom. The van der Waals surface area contributed by atoms with E-state index in [0.717, 1.165) is 11.1 Å². The number of carbonyl (C=O) groups excluding carboxylic acids is 2. The Morgan fingerprint density at radius 1 is 1.06 bits per heavy atom. The first-order chi connectivity index (χ1) is 15.9. The molecule has 2 aliphatic carbocycles. The molecule has 0 spiro atoms. The van der Waals surface area contributed by atoms with Crippen molar-refractivity contribution in [1.82, 2.24) is 10.6 Å². The Kier molecular flexibility index (Phi) is 6.77. The molecule has 33 heavy (non-hydrogen) atoms. The molecular weight excluding hydrogens is 420 g/mol. The van der Waals surface area contributed by atoms with Crippen LogP contribution in [-0.2, 0) is 14.3 Å². The van der Waals surface area contributed by atoms with E-state index in [1.807, 2.05) is 36.4 Å². The fourth-order valence-corrected chi connectivity index (χ4v) is 4.67. The summed E-state index contributed by atoms with van der Waals surface area (Å²) in [5.41, 5.74) is 4.64. The first-order valence-corrected chi connectivity index (χ1v) is 11.2. The predicted octanol–water partition coefficient (Wildman–Crippen LogP) is 3.84. The number of hydrogen-bond donors (Lipinski definition) is 3. The van der Waals surface area contributed by atoms with Gasteiger partial charge in [-0.25, -0.2) is 4.79 Å². The van der Waals surface area contributed by atoms with Crippen LogP contribution in [0.1, 0.15) is 43.2 Å². The Hall–Kier alpha value is -3.61. The molecule has 2 aromatic rings. The second-order valence-corrected chi connectivity index (χ2v) is 8.68. The van der Waals surface area contributed by atoms with Crippen LogP contribution >= 0.6 is 0 Å². The highest BCUT2D eigenvalue weighted by atomic mass is 16.5. The van der Waals surface area contributed by atoms with Gasteiger partial charge >= 0.3 is 12.1 Å². The number of rotatable bonds is 7. The number of benzene rings is 2. The Morgan fingerprint density at radius 2 is 1.70 bits per heavy atom. The molecule has 3 N–H and O–H groups in total. The lowest BCUT2D eigenvalue weighted by Crippen LogP contribution is -2.43. The van der Waals surface area contributed by atoms with E-state index in [1.54, 1.807) is 6.92 Å². The number of amides is 2. The number of ether oxygens (including phenoxy) is 1. The number of fused-ring (bicyclic) bond motifs is 3. The first-order valence-electron chi connectivity index (χ1n) is 11.2. The van der Waals surface area contributed by atoms with Crippen LogP contribution in [0.2, 0.25) is 0 Å². The third-order valence-electron chi connectivity index (χ3n) is 6.21. The molecule has 0 heterocycles. The van der Waals surface area contributed by atoms with Crippen molar-refractivity contribution in [3.63, 3.8) is 0 Å². The van der Waals surface area contributed by atoms with Gasteiger partial charge in [-0.05, 0) is 42.0 Å². The van der Waals surface area contributed by atoms with Gasteiger partial charge in [-0.15, -0.1) is 0 Å². The molecule has 0 aliphatic heterocycles. The topological polar surface area (TPSA) is 105 Å². The Labute approximate surface area is 192 Å². The molecule has 0 fully saturated rings. The summed E-state index contributed by atoms with van der Waals surface area (Å²) < 4.78 is 5.60. The molecule has 4 rings (SSSR count). The van der Waals surface area contributed by atoms with Crippen molar-refractivity contribution in [3.05, 3.63) is 71.8 Å². The van der Waals surface area contributed by atoms with Crippen LogP contribution in [0.15, 0.2) is 60.7 Å². The molecule has 2 aliphatic rings. The predicted molar refractivity (Wildman–Crippen MR) is 124 cm³/mol. The summed E-state index contributed by atoms with van der Waals surface area (Å²) in [4.78, 5) is 35.8. The summed E-state index contributed by atoms with van der Waals surface area (Å²) >= 11 is 0. The summed E-state index contributed by atoms with van der Waals surface area (Å²) in [5, 5.41) is 14.4. The molecule has 172 valence electrons. The van der Waals surface area contributed by atoms with E-state index >= 15 is 0 Å². The number of allylic oxidation sites excluding steroid dienone is 1. The van der Waals surface area contributed by atoms with Crippen molar-refractivity contribution in [1.29, 1.82) is 0 Å². The fraction of sp³-hybridized carbons (Fsp3) is 0.346. The van der Waals surface area contributed by atoms with Gasteiger partial charge in [0, 0.05) is 17.9 Å². The van der Waals surface area contributed by atoms with Gasteiger partial charge in [0.2, 0.25) is 5.91 Å². The molecule has 0 aromatic heterocycles. The second-order valence-electron chi connectivity index (χ2n) is 8.68. The molecular formula is C26H28N2O5. The van der Waals surface area contributed by atoms with Gasteiger partial charge in [0.25, 0.3) is 0 Å². The zero-order chi connectivity index (χ0) is 23.4. The number of carbonyl (C=O) groups is 3. The van der Waals surface area contributed by atoms with Crippen molar-refractivity contribution >= 4 is 18.0 Å². The highest BCUT2D eigenvalue weighted by Gasteiger charge is 2.30. The monoisotopic (exact) mass is 448 g/mol. The summed E-state index contributed by atoms with van der Waals surface area (Å²) in [7, 11) is 0. The first kappa shape index (κ1) is 22.6. The van der Waals surface area contributed by atoms with Crippen molar-refractivity contribution < 1.29 is 24.2 Å². The normalized spacial score (nSPS) is 19.8. The number of carboxylic acids is 1. The molecule has 0 saturated heterocycles. The molecule has 2 amide bonds. The number of hydrogen-bond acceptors (Lipinski definition) is 4. The smallest absolute Gasteiger partial charge is 0.407 e. The van der Waals surface area contributed by atoms with Crippen LogP contribution < -0.4 is 10.6 Å². The highest BCUT2D eigenvalue weighted by Crippen LogP contribution is 2.44. The van der Waals surface area contributed by atoms with Crippen molar-refractivity contribution in [2.45, 2.75) is 44.2 Å². The van der Waals surface area contributed by atoms with E-state index < -0.39 is 18.1 Å². The van der Waals surface area contributed by atoms with Crippen molar-refractivity contribution in [3.8, 4) is 11.1 Å². The van der Waals surface area contributed by atoms with Crippen LogP contribution in [0.3, 0.4) is 0 Å². The van der Waals surface area contributed by atoms with E-state index in [-0.39, 0.29) is 36.8 Å². The minimum absolute atomic E-state index is 0.0145. The quantitative estimate of drug-likeness (QED) is 0.558. The van der Waals surface area contributed by atoms with Gasteiger partial charge in [0.05, 0.1) is 12.5 Å². The third-order valence-corrected chi connectivity index (χ3v) is 6.21. The molecule has 0 radical (unpaired) electrons. The molecule has 0 unspecified atom stereocenters. The molecule has 2 aromatic carbocycles. The van der Waals surface area contributed by atoms with Crippen molar-refractivity contribution in [2.24, 2.45) is 5.92 Å². The van der Waals surface area contributed by atoms with E-state index in [1.165, 1.54) is 11.1 Å². The molecule has 7 heteroatoms. The second kappa shape index (κ2) is 9.90. The van der Waals surface area contributed by atoms with Crippen LogP contribution in [0.25, 0.3) is 11.1 Å². The Balaban J connectivity index is 1.32. The van der Waals surface area contributed by atoms with Crippen LogP contribution in [-0.4, -0.2) is 41.8 Å². The average Bonchev–Trinajstić information content (AvgIpc) is 3.11. The zero-order valence-corrected chi connectivity index (χ0v) is 18.5. The molecule has 0 bridgehead atoms. The number of alkyl carbamates (subject to hydrolysis) is 1. The van der Waals surface area contributed by atoms with E-state index in [4.69, 9.17) is 9.84 Å². The lowest BCUT2D eigenvalue weighted by Gasteiger charge is -2.26. The van der Waals surface area contributed by atoms with E-state index in [9.17, 15) is 14.4 Å². The molecule has 0 saturated carbocycles. The summed E-state index contributed by atoms with van der Waals surface area (Å²) in [6.45, 7) is 1.89. The van der Waals surface area contributed by atoms with Crippen LogP contribution in [0.5, 0.6) is 0 Å². The molecule has 7 nitrogen and oxygen atoms in total. The minimum Gasteiger partial charge on any atom is -0.481 e. The minimum atomic E-state index is -0.957. The number of aliphatic carboxylic acids is 1. The van der Waals surface area contributed by atoms with Gasteiger partial charge in [0.15, 0.2) is 0 Å². The Bertz CT molecular complexity index is 1030. The summed E-state index contributed by atoms with van der Waals surface area (Å²) in [6.07, 6.45) is 4.07. The maximum Gasteiger partial charge on any atom is 0.407 e. The molecule has 3 atom stereocenters. The SMILES string of the molecule is C[C@@H](CC(=O)O)NC(=O)[C@@H]1CC=C[C@@H](NC(=O)OCC2c3ccccc3-c3ccccc32)C1. The van der Waals surface area contributed by atoms with Gasteiger partial charge in [-0.1, -0.05) is 60.7 Å². The fourth-order valence-electron chi connectivity index (χ4n) is 4.67. The maximum absolute atomic E-state index is 12.5. The lowest BCUT2D eigenvalue weighted by molar-refractivity contribution is -0.137. The van der Waals surface area contributed by atoms with E-state index in [0.29, 0.717) is 12.8 Å².